The Bertz CT molecular complexity index is 1140. The normalized spacial score (nSPS) is 12.1. The molecule has 3 aromatic rings. The Kier molecular flexibility index (Phi) is 7.43. The molecule has 0 aliphatic carbocycles. The van der Waals surface area contributed by atoms with Gasteiger partial charge in [0.2, 0.25) is 5.95 Å². The van der Waals surface area contributed by atoms with Crippen molar-refractivity contribution in [3.05, 3.63) is 59.9 Å². The van der Waals surface area contributed by atoms with Crippen LogP contribution in [-0.2, 0) is 6.54 Å². The molecule has 15 heteroatoms. The van der Waals surface area contributed by atoms with Gasteiger partial charge in [-0.2, -0.15) is 33.2 Å². The Morgan fingerprint density at radius 1 is 0.882 bits per heavy atom. The van der Waals surface area contributed by atoms with E-state index < -0.39 is 42.7 Å². The van der Waals surface area contributed by atoms with E-state index in [1.54, 1.807) is 6.07 Å². The predicted octanol–water partition coefficient (Wildman–Crippen LogP) is 5.88. The summed E-state index contributed by atoms with van der Waals surface area (Å²) >= 11 is 0. The Morgan fingerprint density at radius 2 is 1.59 bits per heavy atom. The smallest absolute Gasteiger partial charge is 0.454 e. The van der Waals surface area contributed by atoms with Crippen LogP contribution in [0.25, 0.3) is 0 Å². The van der Waals surface area contributed by atoms with E-state index in [1.807, 2.05) is 0 Å². The number of anilines is 2. The average molecular weight is 490 g/mol. The number of halogens is 7. The van der Waals surface area contributed by atoms with Gasteiger partial charge in [0.05, 0.1) is 6.54 Å². The number of hydrogen-bond donors (Lipinski definition) is 1. The fourth-order valence-corrected chi connectivity index (χ4v) is 2.33. The topological polar surface area (TPSA) is 93.9 Å². The minimum atomic E-state index is -4.88. The van der Waals surface area contributed by atoms with Crippen LogP contribution in [0.2, 0.25) is 0 Å². The van der Waals surface area contributed by atoms with Crippen LogP contribution in [0.4, 0.5) is 48.3 Å². The molecule has 1 N–H and O–H groups in total. The highest BCUT2D eigenvalue weighted by atomic mass is 19.4. The molecule has 0 saturated carbocycles. The molecule has 0 atom stereocenters. The molecule has 0 aliphatic heterocycles. The Morgan fingerprint density at radius 3 is 2.24 bits per heavy atom. The number of nitrogens with one attached hydrogen (secondary N) is 1. The number of hydrogen-bond acceptors (Lipinski definition) is 8. The third kappa shape index (κ3) is 8.14. The molecular formula is C19H13F7N6O2. The highest BCUT2D eigenvalue weighted by Gasteiger charge is 2.31. The number of rotatable bonds is 8. The number of ether oxygens (including phenoxy) is 2. The molecule has 2 aromatic carbocycles. The summed E-state index contributed by atoms with van der Waals surface area (Å²) in [7, 11) is 0. The van der Waals surface area contributed by atoms with Gasteiger partial charge < -0.3 is 14.8 Å². The minimum Gasteiger partial charge on any atom is -0.454 e. The number of nitrogens with zero attached hydrogens (tertiary/aromatic N) is 5. The monoisotopic (exact) mass is 490 g/mol. The standard InChI is InChI=1S/C19H13F7N6O2/c20-14-4-2-1-3-11(14)9-27-32-16-29-15(30-17(31-16)33-10-18(21,22)23)28-12-5-7-13(8-6-12)34-19(24,25)26/h1-8H,9-10H2,(H,28,29,30,31). The van der Waals surface area contributed by atoms with Crippen molar-refractivity contribution in [1.82, 2.24) is 15.0 Å². The van der Waals surface area contributed by atoms with Gasteiger partial charge in [0, 0.05) is 11.3 Å². The van der Waals surface area contributed by atoms with Crippen molar-refractivity contribution < 1.29 is 40.2 Å². The minimum absolute atomic E-state index is 0.164. The SMILES string of the molecule is Fc1ccccc1CN=Nc1nc(Nc2ccc(OC(F)(F)F)cc2)nc(OCC(F)(F)F)n1. The molecule has 1 heterocycles. The molecule has 8 nitrogen and oxygen atoms in total. The molecule has 0 bridgehead atoms. The summed E-state index contributed by atoms with van der Waals surface area (Å²) in [6.45, 7) is -1.91. The van der Waals surface area contributed by atoms with Gasteiger partial charge in [-0.1, -0.05) is 18.2 Å². The zero-order valence-corrected chi connectivity index (χ0v) is 16.7. The number of aromatic nitrogens is 3. The van der Waals surface area contributed by atoms with E-state index >= 15 is 0 Å². The van der Waals surface area contributed by atoms with E-state index in [4.69, 9.17) is 0 Å². The van der Waals surface area contributed by atoms with E-state index in [1.165, 1.54) is 30.3 Å². The van der Waals surface area contributed by atoms with Crippen molar-refractivity contribution in [2.45, 2.75) is 19.1 Å². The molecule has 0 spiro atoms. The molecule has 0 fully saturated rings. The first-order chi connectivity index (χ1) is 16.0. The average Bonchev–Trinajstić information content (AvgIpc) is 2.74. The summed E-state index contributed by atoms with van der Waals surface area (Å²) in [5.74, 6) is -1.82. The van der Waals surface area contributed by atoms with Crippen molar-refractivity contribution in [3.8, 4) is 11.8 Å². The lowest BCUT2D eigenvalue weighted by molar-refractivity contribution is -0.274. The predicted molar refractivity (Wildman–Crippen MR) is 102 cm³/mol. The van der Waals surface area contributed by atoms with Crippen LogP contribution in [0.5, 0.6) is 11.8 Å². The molecule has 1 aromatic heterocycles. The van der Waals surface area contributed by atoms with Crippen LogP contribution in [0.15, 0.2) is 58.8 Å². The van der Waals surface area contributed by atoms with E-state index in [0.29, 0.717) is 0 Å². The van der Waals surface area contributed by atoms with Crippen molar-refractivity contribution in [2.24, 2.45) is 10.2 Å². The maximum absolute atomic E-state index is 13.7. The fraction of sp³-hybridized carbons (Fsp3) is 0.211. The lowest BCUT2D eigenvalue weighted by Gasteiger charge is -2.11. The second kappa shape index (κ2) is 10.3. The second-order valence-corrected chi connectivity index (χ2v) is 6.33. The summed E-state index contributed by atoms with van der Waals surface area (Å²) in [5, 5.41) is 9.94. The fourth-order valence-electron chi connectivity index (χ4n) is 2.33. The molecule has 0 aliphatic rings. The van der Waals surface area contributed by atoms with Crippen molar-refractivity contribution in [2.75, 3.05) is 11.9 Å². The summed E-state index contributed by atoms with van der Waals surface area (Å²) < 4.78 is 96.2. The van der Waals surface area contributed by atoms with E-state index in [-0.39, 0.29) is 23.7 Å². The van der Waals surface area contributed by atoms with E-state index in [9.17, 15) is 30.7 Å². The molecule has 3 rings (SSSR count). The lowest BCUT2D eigenvalue weighted by atomic mass is 10.2. The Hall–Kier alpha value is -4.04. The number of alkyl halides is 6. The Labute approximate surface area is 186 Å². The van der Waals surface area contributed by atoms with Crippen molar-refractivity contribution in [3.63, 3.8) is 0 Å². The van der Waals surface area contributed by atoms with Crippen molar-refractivity contribution >= 4 is 17.6 Å². The van der Waals surface area contributed by atoms with Gasteiger partial charge in [0.1, 0.15) is 11.6 Å². The summed E-state index contributed by atoms with van der Waals surface area (Å²) in [6, 6.07) is 9.33. The number of azo groups is 1. The molecule has 0 unspecified atom stereocenters. The van der Waals surface area contributed by atoms with Crippen LogP contribution < -0.4 is 14.8 Å². The van der Waals surface area contributed by atoms with E-state index in [2.05, 4.69) is 40.0 Å². The quantitative estimate of drug-likeness (QED) is 0.313. The molecular weight excluding hydrogens is 477 g/mol. The van der Waals surface area contributed by atoms with Crippen LogP contribution in [0.1, 0.15) is 5.56 Å². The van der Waals surface area contributed by atoms with Gasteiger partial charge in [0.25, 0.3) is 5.95 Å². The largest absolute Gasteiger partial charge is 0.573 e. The first-order valence-corrected chi connectivity index (χ1v) is 9.16. The lowest BCUT2D eigenvalue weighted by Crippen LogP contribution is -2.20. The van der Waals surface area contributed by atoms with Gasteiger partial charge in [-0.05, 0) is 30.3 Å². The first kappa shape index (κ1) is 24.6. The van der Waals surface area contributed by atoms with Gasteiger partial charge in [-0.15, -0.1) is 18.3 Å². The van der Waals surface area contributed by atoms with Crippen LogP contribution >= 0.6 is 0 Å². The molecule has 0 amide bonds. The third-order valence-electron chi connectivity index (χ3n) is 3.67. The van der Waals surface area contributed by atoms with Crippen LogP contribution in [-0.4, -0.2) is 34.1 Å². The summed E-state index contributed by atoms with van der Waals surface area (Å²) in [4.78, 5) is 11.1. The Balaban J connectivity index is 1.79. The zero-order chi connectivity index (χ0) is 24.8. The van der Waals surface area contributed by atoms with Crippen LogP contribution in [0, 0.1) is 5.82 Å². The van der Waals surface area contributed by atoms with Crippen LogP contribution in [0.3, 0.4) is 0 Å². The third-order valence-corrected chi connectivity index (χ3v) is 3.67. The van der Waals surface area contributed by atoms with Gasteiger partial charge in [-0.25, -0.2) is 4.39 Å². The molecule has 0 saturated heterocycles. The molecule has 34 heavy (non-hydrogen) atoms. The maximum atomic E-state index is 13.7. The maximum Gasteiger partial charge on any atom is 0.573 e. The van der Waals surface area contributed by atoms with Gasteiger partial charge in [0.15, 0.2) is 6.61 Å². The second-order valence-electron chi connectivity index (χ2n) is 6.33. The first-order valence-electron chi connectivity index (χ1n) is 9.16. The highest BCUT2D eigenvalue weighted by Crippen LogP contribution is 2.26. The zero-order valence-electron chi connectivity index (χ0n) is 16.7. The van der Waals surface area contributed by atoms with Gasteiger partial charge >= 0.3 is 18.5 Å². The summed E-state index contributed by atoms with van der Waals surface area (Å²) in [5.41, 5.74) is 0.366. The highest BCUT2D eigenvalue weighted by molar-refractivity contribution is 5.55. The van der Waals surface area contributed by atoms with Crippen molar-refractivity contribution in [1.29, 1.82) is 0 Å². The van der Waals surface area contributed by atoms with Gasteiger partial charge in [-0.3, -0.25) is 0 Å². The molecule has 0 radical (unpaired) electrons. The number of benzene rings is 2. The molecule has 180 valence electrons. The van der Waals surface area contributed by atoms with E-state index in [0.717, 1.165) is 12.1 Å². The summed E-state index contributed by atoms with van der Waals surface area (Å²) in [6.07, 6.45) is -9.56.